The van der Waals surface area contributed by atoms with Gasteiger partial charge >= 0.3 is 0 Å². The largest absolute Gasteiger partial charge is 0.366 e. The molecular weight excluding hydrogens is 220 g/mol. The zero-order chi connectivity index (χ0) is 12.0. The fourth-order valence-corrected chi connectivity index (χ4v) is 2.30. The molecule has 0 aliphatic heterocycles. The Morgan fingerprint density at radius 3 is 2.50 bits per heavy atom. The average molecular weight is 238 g/mol. The van der Waals surface area contributed by atoms with Crippen LogP contribution >= 0.6 is 11.8 Å². The summed E-state index contributed by atoms with van der Waals surface area (Å²) in [7, 11) is 0. The molecule has 0 heterocycles. The van der Waals surface area contributed by atoms with Crippen LogP contribution in [0.5, 0.6) is 0 Å². The molecule has 0 aliphatic carbocycles. The van der Waals surface area contributed by atoms with Crippen LogP contribution in [0.4, 0.5) is 0 Å². The Kier molecular flexibility index (Phi) is 5.35. The van der Waals surface area contributed by atoms with E-state index >= 15 is 0 Å². The Morgan fingerprint density at radius 1 is 1.38 bits per heavy atom. The maximum Gasteiger partial charge on any atom is 0.248 e. The van der Waals surface area contributed by atoms with Gasteiger partial charge in [-0.2, -0.15) is 11.8 Å². The maximum atomic E-state index is 10.9. The van der Waals surface area contributed by atoms with Crippen molar-refractivity contribution < 1.29 is 4.79 Å². The van der Waals surface area contributed by atoms with E-state index in [1.165, 1.54) is 5.56 Å². The van der Waals surface area contributed by atoms with Gasteiger partial charge in [0.25, 0.3) is 0 Å². The van der Waals surface area contributed by atoms with Crippen LogP contribution < -0.4 is 11.5 Å². The molecule has 4 N–H and O–H groups in total. The highest BCUT2D eigenvalue weighted by atomic mass is 32.2. The fraction of sp³-hybridized carbons (Fsp3) is 0.417. The summed E-state index contributed by atoms with van der Waals surface area (Å²) >= 11 is 1.86. The van der Waals surface area contributed by atoms with E-state index in [1.807, 2.05) is 23.9 Å². The Hall–Kier alpha value is -1.00. The van der Waals surface area contributed by atoms with Gasteiger partial charge in [0.2, 0.25) is 5.91 Å². The molecule has 0 spiro atoms. The van der Waals surface area contributed by atoms with Gasteiger partial charge < -0.3 is 11.5 Å². The predicted octanol–water partition coefficient (Wildman–Crippen LogP) is 1.61. The number of rotatable bonds is 6. The SMILES string of the molecule is CC(CN)CSCc1ccc(C(N)=O)cc1. The maximum absolute atomic E-state index is 10.9. The second-order valence-electron chi connectivity index (χ2n) is 3.92. The van der Waals surface area contributed by atoms with Crippen molar-refractivity contribution in [2.45, 2.75) is 12.7 Å². The predicted molar refractivity (Wildman–Crippen MR) is 69.3 cm³/mol. The third-order valence-corrected chi connectivity index (χ3v) is 3.65. The second kappa shape index (κ2) is 6.55. The first kappa shape index (κ1) is 13.1. The monoisotopic (exact) mass is 238 g/mol. The van der Waals surface area contributed by atoms with E-state index in [1.54, 1.807) is 12.1 Å². The smallest absolute Gasteiger partial charge is 0.248 e. The van der Waals surface area contributed by atoms with Crippen molar-refractivity contribution in [3.63, 3.8) is 0 Å². The zero-order valence-corrected chi connectivity index (χ0v) is 10.3. The highest BCUT2D eigenvalue weighted by Crippen LogP contribution is 2.15. The van der Waals surface area contributed by atoms with E-state index in [0.29, 0.717) is 11.5 Å². The van der Waals surface area contributed by atoms with Crippen LogP contribution in [0.1, 0.15) is 22.8 Å². The van der Waals surface area contributed by atoms with Crippen LogP contribution in [0.15, 0.2) is 24.3 Å². The lowest BCUT2D eigenvalue weighted by Gasteiger charge is -2.07. The van der Waals surface area contributed by atoms with Crippen LogP contribution in [-0.2, 0) is 5.75 Å². The van der Waals surface area contributed by atoms with Gasteiger partial charge in [-0.25, -0.2) is 0 Å². The molecule has 1 aromatic carbocycles. The summed E-state index contributed by atoms with van der Waals surface area (Å²) < 4.78 is 0. The molecule has 0 saturated heterocycles. The number of benzene rings is 1. The van der Waals surface area contributed by atoms with Crippen molar-refractivity contribution in [1.82, 2.24) is 0 Å². The summed E-state index contributed by atoms with van der Waals surface area (Å²) in [6.07, 6.45) is 0. The molecule has 4 heteroatoms. The number of carbonyl (C=O) groups is 1. The Bertz CT molecular complexity index is 337. The van der Waals surface area contributed by atoms with Crippen molar-refractivity contribution in [1.29, 1.82) is 0 Å². The van der Waals surface area contributed by atoms with E-state index in [9.17, 15) is 4.79 Å². The molecule has 0 bridgehead atoms. The van der Waals surface area contributed by atoms with E-state index in [2.05, 4.69) is 6.92 Å². The topological polar surface area (TPSA) is 69.1 Å². The molecule has 0 aromatic heterocycles. The number of primary amides is 1. The van der Waals surface area contributed by atoms with Crippen LogP contribution in [0.2, 0.25) is 0 Å². The van der Waals surface area contributed by atoms with Crippen molar-refractivity contribution in [3.05, 3.63) is 35.4 Å². The van der Waals surface area contributed by atoms with E-state index in [0.717, 1.165) is 18.1 Å². The van der Waals surface area contributed by atoms with Crippen LogP contribution in [-0.4, -0.2) is 18.2 Å². The number of amides is 1. The van der Waals surface area contributed by atoms with Gasteiger partial charge in [-0.05, 0) is 35.9 Å². The average Bonchev–Trinajstić information content (AvgIpc) is 2.29. The third kappa shape index (κ3) is 4.24. The van der Waals surface area contributed by atoms with Crippen molar-refractivity contribution in [3.8, 4) is 0 Å². The number of hydrogen-bond donors (Lipinski definition) is 2. The van der Waals surface area contributed by atoms with Gasteiger partial charge in [-0.3, -0.25) is 4.79 Å². The molecular formula is C12H18N2OS. The number of thioether (sulfide) groups is 1. The van der Waals surface area contributed by atoms with Gasteiger partial charge in [0.05, 0.1) is 0 Å². The van der Waals surface area contributed by atoms with Crippen molar-refractivity contribution in [2.75, 3.05) is 12.3 Å². The highest BCUT2D eigenvalue weighted by molar-refractivity contribution is 7.98. The standard InChI is InChI=1S/C12H18N2OS/c1-9(6-13)7-16-8-10-2-4-11(5-3-10)12(14)15/h2-5,9H,6-8,13H2,1H3,(H2,14,15). The first-order valence-corrected chi connectivity index (χ1v) is 6.45. The van der Waals surface area contributed by atoms with Crippen LogP contribution in [0, 0.1) is 5.92 Å². The summed E-state index contributed by atoms with van der Waals surface area (Å²) in [5, 5.41) is 0. The summed E-state index contributed by atoms with van der Waals surface area (Å²) in [5.74, 6) is 2.18. The molecule has 16 heavy (non-hydrogen) atoms. The normalized spacial score (nSPS) is 12.4. The molecule has 0 radical (unpaired) electrons. The third-order valence-electron chi connectivity index (χ3n) is 2.31. The minimum Gasteiger partial charge on any atom is -0.366 e. The lowest BCUT2D eigenvalue weighted by Crippen LogP contribution is -2.12. The molecule has 1 aromatic rings. The molecule has 1 atom stereocenters. The first-order chi connectivity index (χ1) is 7.63. The zero-order valence-electron chi connectivity index (χ0n) is 9.48. The number of hydrogen-bond acceptors (Lipinski definition) is 3. The van der Waals surface area contributed by atoms with E-state index < -0.39 is 0 Å². The minimum atomic E-state index is -0.379. The molecule has 88 valence electrons. The molecule has 1 rings (SSSR count). The Labute approximate surface area is 101 Å². The lowest BCUT2D eigenvalue weighted by molar-refractivity contribution is 0.100. The van der Waals surface area contributed by atoms with Gasteiger partial charge in [0.15, 0.2) is 0 Å². The number of carbonyl (C=O) groups excluding carboxylic acids is 1. The van der Waals surface area contributed by atoms with Gasteiger partial charge in [0.1, 0.15) is 0 Å². The second-order valence-corrected chi connectivity index (χ2v) is 4.95. The summed E-state index contributed by atoms with van der Waals surface area (Å²) in [6.45, 7) is 2.87. The molecule has 1 unspecified atom stereocenters. The first-order valence-electron chi connectivity index (χ1n) is 5.30. The van der Waals surface area contributed by atoms with Crippen LogP contribution in [0.3, 0.4) is 0 Å². The summed E-state index contributed by atoms with van der Waals surface area (Å²) in [6, 6.07) is 7.43. The molecule has 0 saturated carbocycles. The van der Waals surface area contributed by atoms with Crippen molar-refractivity contribution in [2.24, 2.45) is 17.4 Å². The Balaban J connectivity index is 2.40. The summed E-state index contributed by atoms with van der Waals surface area (Å²) in [4.78, 5) is 10.9. The number of nitrogens with two attached hydrogens (primary N) is 2. The highest BCUT2D eigenvalue weighted by Gasteiger charge is 2.02. The molecule has 0 fully saturated rings. The summed E-state index contributed by atoms with van der Waals surface area (Å²) in [5.41, 5.74) is 12.5. The van der Waals surface area contributed by atoms with E-state index in [-0.39, 0.29) is 5.91 Å². The van der Waals surface area contributed by atoms with Gasteiger partial charge in [0, 0.05) is 11.3 Å². The molecule has 3 nitrogen and oxygen atoms in total. The van der Waals surface area contributed by atoms with Gasteiger partial charge in [-0.1, -0.05) is 19.1 Å². The van der Waals surface area contributed by atoms with Crippen LogP contribution in [0.25, 0.3) is 0 Å². The van der Waals surface area contributed by atoms with Gasteiger partial charge in [-0.15, -0.1) is 0 Å². The lowest BCUT2D eigenvalue weighted by atomic mass is 10.1. The minimum absolute atomic E-state index is 0.379. The Morgan fingerprint density at radius 2 is 2.00 bits per heavy atom. The quantitative estimate of drug-likeness (QED) is 0.791. The molecule has 0 aliphatic rings. The van der Waals surface area contributed by atoms with E-state index in [4.69, 9.17) is 11.5 Å². The van der Waals surface area contributed by atoms with Crippen molar-refractivity contribution >= 4 is 17.7 Å². The fourth-order valence-electron chi connectivity index (χ4n) is 1.21. The molecule has 1 amide bonds.